The zero-order valence-electron chi connectivity index (χ0n) is 14.9. The van der Waals surface area contributed by atoms with E-state index in [9.17, 15) is 31.5 Å². The second-order valence-corrected chi connectivity index (χ2v) is 7.20. The number of alkyl halides is 5. The van der Waals surface area contributed by atoms with Crippen molar-refractivity contribution in [3.63, 3.8) is 0 Å². The number of nitrogens with one attached hydrogen (secondary N) is 1. The van der Waals surface area contributed by atoms with E-state index in [0.717, 1.165) is 4.90 Å². The molecule has 0 unspecified atom stereocenters. The number of rotatable bonds is 5. The first-order chi connectivity index (χ1) is 13.0. The average Bonchev–Trinajstić information content (AvgIpc) is 2.52. The van der Waals surface area contributed by atoms with Crippen molar-refractivity contribution in [2.75, 3.05) is 13.1 Å². The zero-order valence-corrected chi connectivity index (χ0v) is 14.9. The first-order valence-corrected chi connectivity index (χ1v) is 8.54. The van der Waals surface area contributed by atoms with Gasteiger partial charge in [-0.1, -0.05) is 0 Å². The first-order valence-electron chi connectivity index (χ1n) is 8.54. The van der Waals surface area contributed by atoms with E-state index in [1.807, 2.05) is 0 Å². The summed E-state index contributed by atoms with van der Waals surface area (Å²) in [6.07, 6.45) is -7.44. The minimum absolute atomic E-state index is 0.00490. The standard InChI is InChI=1S/C17H18F5N3O3/c1-9(26)23-6-10-2-3-12(13(24-10)14(18)19)28-11-4-16(5-11)7-25(8-16)15(27)17(20,21)22/h2-3,11,14H,4-8H2,1H3,(H,23,26). The lowest BCUT2D eigenvalue weighted by Crippen LogP contribution is -2.67. The van der Waals surface area contributed by atoms with Crippen molar-refractivity contribution in [1.29, 1.82) is 0 Å². The molecule has 154 valence electrons. The lowest BCUT2D eigenvalue weighted by Gasteiger charge is -2.58. The number of nitrogens with zero attached hydrogens (tertiary/aromatic N) is 2. The van der Waals surface area contributed by atoms with Crippen LogP contribution in [-0.4, -0.2) is 47.1 Å². The summed E-state index contributed by atoms with van der Waals surface area (Å²) in [6, 6.07) is 2.80. The predicted molar refractivity (Wildman–Crippen MR) is 85.4 cm³/mol. The molecule has 1 aliphatic carbocycles. The molecule has 1 spiro atoms. The van der Waals surface area contributed by atoms with Gasteiger partial charge in [-0.25, -0.2) is 13.8 Å². The van der Waals surface area contributed by atoms with Crippen LogP contribution in [0.2, 0.25) is 0 Å². The molecular formula is C17H18F5N3O3. The highest BCUT2D eigenvalue weighted by atomic mass is 19.4. The summed E-state index contributed by atoms with van der Waals surface area (Å²) in [7, 11) is 0. The van der Waals surface area contributed by atoms with Crippen LogP contribution in [0, 0.1) is 5.41 Å². The Morgan fingerprint density at radius 1 is 1.32 bits per heavy atom. The molecule has 2 heterocycles. The van der Waals surface area contributed by atoms with Gasteiger partial charge in [0.15, 0.2) is 0 Å². The van der Waals surface area contributed by atoms with Gasteiger partial charge in [0.25, 0.3) is 6.43 Å². The second kappa shape index (κ2) is 7.17. The van der Waals surface area contributed by atoms with Gasteiger partial charge in [-0.15, -0.1) is 0 Å². The third-order valence-electron chi connectivity index (χ3n) is 4.87. The number of likely N-dealkylation sites (tertiary alicyclic amines) is 1. The first kappa shape index (κ1) is 20.3. The van der Waals surface area contributed by atoms with E-state index >= 15 is 0 Å². The Kier molecular flexibility index (Phi) is 5.20. The molecule has 2 fully saturated rings. The maximum Gasteiger partial charge on any atom is 0.471 e. The minimum Gasteiger partial charge on any atom is -0.488 e. The molecule has 1 N–H and O–H groups in total. The Bertz CT molecular complexity index is 770. The Morgan fingerprint density at radius 2 is 1.96 bits per heavy atom. The van der Waals surface area contributed by atoms with Crippen molar-refractivity contribution in [1.82, 2.24) is 15.2 Å². The van der Waals surface area contributed by atoms with E-state index < -0.39 is 35.7 Å². The van der Waals surface area contributed by atoms with Crippen LogP contribution in [0.3, 0.4) is 0 Å². The fourth-order valence-electron chi connectivity index (χ4n) is 3.59. The summed E-state index contributed by atoms with van der Waals surface area (Å²) < 4.78 is 69.3. The minimum atomic E-state index is -4.89. The molecule has 11 heteroatoms. The van der Waals surface area contributed by atoms with Crippen molar-refractivity contribution in [2.45, 2.75) is 45.0 Å². The molecule has 1 aromatic heterocycles. The number of carbonyl (C=O) groups excluding carboxylic acids is 2. The highest BCUT2D eigenvalue weighted by Crippen LogP contribution is 2.50. The van der Waals surface area contributed by atoms with E-state index in [4.69, 9.17) is 4.74 Å². The molecule has 0 bridgehead atoms. The molecule has 0 radical (unpaired) electrons. The lowest BCUT2D eigenvalue weighted by molar-refractivity contribution is -0.205. The number of aromatic nitrogens is 1. The fourth-order valence-corrected chi connectivity index (χ4v) is 3.59. The van der Waals surface area contributed by atoms with E-state index in [-0.39, 0.29) is 37.0 Å². The number of halogens is 5. The van der Waals surface area contributed by atoms with Crippen LogP contribution >= 0.6 is 0 Å². The van der Waals surface area contributed by atoms with Gasteiger partial charge in [-0.3, -0.25) is 9.59 Å². The van der Waals surface area contributed by atoms with Crippen LogP contribution in [0.5, 0.6) is 5.75 Å². The normalized spacial score (nSPS) is 18.6. The summed E-state index contributed by atoms with van der Waals surface area (Å²) >= 11 is 0. The third kappa shape index (κ3) is 4.17. The Morgan fingerprint density at radius 3 is 2.50 bits per heavy atom. The number of ether oxygens (including phenoxy) is 1. The number of carbonyl (C=O) groups is 2. The van der Waals surface area contributed by atoms with Crippen LogP contribution in [0.25, 0.3) is 0 Å². The molecule has 2 aliphatic rings. The zero-order chi connectivity index (χ0) is 20.7. The van der Waals surface area contributed by atoms with Gasteiger partial charge in [0, 0.05) is 25.4 Å². The third-order valence-corrected chi connectivity index (χ3v) is 4.87. The number of hydrogen-bond acceptors (Lipinski definition) is 4. The molecule has 1 aliphatic heterocycles. The molecule has 28 heavy (non-hydrogen) atoms. The molecule has 0 aromatic carbocycles. The van der Waals surface area contributed by atoms with Gasteiger partial charge in [0.05, 0.1) is 12.2 Å². The number of amides is 2. The van der Waals surface area contributed by atoms with Crippen LogP contribution in [-0.2, 0) is 16.1 Å². The molecule has 6 nitrogen and oxygen atoms in total. The number of hydrogen-bond donors (Lipinski definition) is 1. The van der Waals surface area contributed by atoms with E-state index in [0.29, 0.717) is 12.8 Å². The van der Waals surface area contributed by atoms with E-state index in [1.165, 1.54) is 19.1 Å². The topological polar surface area (TPSA) is 71.5 Å². The van der Waals surface area contributed by atoms with Gasteiger partial charge in [0.2, 0.25) is 5.91 Å². The summed E-state index contributed by atoms with van der Waals surface area (Å²) in [5.74, 6) is -2.27. The quantitative estimate of drug-likeness (QED) is 0.762. The predicted octanol–water partition coefficient (Wildman–Crippen LogP) is 2.59. The Hall–Kier alpha value is -2.46. The van der Waals surface area contributed by atoms with Crippen LogP contribution in [0.4, 0.5) is 22.0 Å². The SMILES string of the molecule is CC(=O)NCc1ccc(OC2CC3(C2)CN(C(=O)C(F)(F)F)C3)c(C(F)F)n1. The van der Waals surface area contributed by atoms with Gasteiger partial charge in [-0.05, 0) is 25.0 Å². The van der Waals surface area contributed by atoms with Crippen LogP contribution < -0.4 is 10.1 Å². The Balaban J connectivity index is 1.56. The van der Waals surface area contributed by atoms with E-state index in [1.54, 1.807) is 0 Å². The van der Waals surface area contributed by atoms with Crippen molar-refractivity contribution in [3.8, 4) is 5.75 Å². The lowest BCUT2D eigenvalue weighted by atomic mass is 9.61. The van der Waals surface area contributed by atoms with Crippen molar-refractivity contribution in [2.24, 2.45) is 5.41 Å². The fraction of sp³-hybridized carbons (Fsp3) is 0.588. The average molecular weight is 407 g/mol. The molecule has 1 saturated carbocycles. The Labute approximate surface area is 157 Å². The summed E-state index contributed by atoms with van der Waals surface area (Å²) in [4.78, 5) is 26.6. The summed E-state index contributed by atoms with van der Waals surface area (Å²) in [6.45, 7) is 1.27. The van der Waals surface area contributed by atoms with Crippen LogP contribution in [0.15, 0.2) is 12.1 Å². The van der Waals surface area contributed by atoms with Gasteiger partial charge in [-0.2, -0.15) is 13.2 Å². The largest absolute Gasteiger partial charge is 0.488 e. The smallest absolute Gasteiger partial charge is 0.471 e. The monoisotopic (exact) mass is 407 g/mol. The molecule has 1 saturated heterocycles. The molecule has 2 amide bonds. The maximum atomic E-state index is 13.3. The maximum absolute atomic E-state index is 13.3. The van der Waals surface area contributed by atoms with Crippen molar-refractivity contribution < 1.29 is 36.3 Å². The second-order valence-electron chi connectivity index (χ2n) is 7.20. The van der Waals surface area contributed by atoms with Crippen LogP contribution in [0.1, 0.15) is 37.6 Å². The van der Waals surface area contributed by atoms with Crippen molar-refractivity contribution >= 4 is 11.8 Å². The van der Waals surface area contributed by atoms with E-state index in [2.05, 4.69) is 10.3 Å². The molecule has 3 rings (SSSR count). The highest BCUT2D eigenvalue weighted by Gasteiger charge is 2.58. The van der Waals surface area contributed by atoms with Gasteiger partial charge >= 0.3 is 12.1 Å². The molecule has 0 atom stereocenters. The summed E-state index contributed by atoms with van der Waals surface area (Å²) in [5.41, 5.74) is -0.732. The summed E-state index contributed by atoms with van der Waals surface area (Å²) in [5, 5.41) is 2.46. The highest BCUT2D eigenvalue weighted by molar-refractivity contribution is 5.82. The molecular weight excluding hydrogens is 389 g/mol. The van der Waals surface area contributed by atoms with Gasteiger partial charge in [0.1, 0.15) is 17.5 Å². The van der Waals surface area contributed by atoms with Gasteiger partial charge < -0.3 is 15.0 Å². The van der Waals surface area contributed by atoms with Crippen molar-refractivity contribution in [3.05, 3.63) is 23.5 Å². The number of pyridine rings is 1. The molecule has 1 aromatic rings.